The lowest BCUT2D eigenvalue weighted by atomic mass is 10.0. The van der Waals surface area contributed by atoms with E-state index in [1.165, 1.54) is 0 Å². The monoisotopic (exact) mass is 369 g/mol. The lowest BCUT2D eigenvalue weighted by molar-refractivity contribution is -0.128. The zero-order valence-corrected chi connectivity index (χ0v) is 16.3. The van der Waals surface area contributed by atoms with Gasteiger partial charge >= 0.3 is 0 Å². The maximum Gasteiger partial charge on any atom is 0.248 e. The van der Waals surface area contributed by atoms with Gasteiger partial charge in [-0.25, -0.2) is 9.97 Å². The number of anilines is 1. The number of aromatic nitrogens is 2. The molecule has 2 amide bonds. The largest absolute Gasteiger partial charge is 0.343 e. The number of aryl methyl sites for hydroxylation is 2. The molecule has 1 aliphatic heterocycles. The van der Waals surface area contributed by atoms with Crippen LogP contribution < -0.4 is 16.0 Å². The summed E-state index contributed by atoms with van der Waals surface area (Å²) in [4.78, 5) is 34.1. The summed E-state index contributed by atoms with van der Waals surface area (Å²) >= 11 is 0. The van der Waals surface area contributed by atoms with Crippen LogP contribution in [0.2, 0.25) is 0 Å². The SMILES string of the molecule is Cc1cc(C)c2ccc(NC(=O)[C@@H](NC(=O)[C@@H]3CCCN3)C(C)C)nc2n1. The smallest absolute Gasteiger partial charge is 0.248 e. The number of hydrogen-bond donors (Lipinski definition) is 3. The van der Waals surface area contributed by atoms with Crippen LogP contribution in [0, 0.1) is 19.8 Å². The van der Waals surface area contributed by atoms with Crippen molar-refractivity contribution in [3.63, 3.8) is 0 Å². The van der Waals surface area contributed by atoms with Gasteiger partial charge in [0.15, 0.2) is 5.65 Å². The highest BCUT2D eigenvalue weighted by atomic mass is 16.2. The fraction of sp³-hybridized carbons (Fsp3) is 0.500. The molecule has 27 heavy (non-hydrogen) atoms. The third-order valence-electron chi connectivity index (χ3n) is 4.88. The minimum absolute atomic E-state index is 0.0431. The number of hydrogen-bond acceptors (Lipinski definition) is 5. The molecule has 0 radical (unpaired) electrons. The molecule has 1 fully saturated rings. The number of carbonyl (C=O) groups is 2. The van der Waals surface area contributed by atoms with Crippen LogP contribution in [0.1, 0.15) is 37.9 Å². The van der Waals surface area contributed by atoms with Crippen molar-refractivity contribution < 1.29 is 9.59 Å². The second kappa shape index (κ2) is 8.00. The van der Waals surface area contributed by atoms with Crippen LogP contribution in [-0.2, 0) is 9.59 Å². The van der Waals surface area contributed by atoms with E-state index in [2.05, 4.69) is 25.9 Å². The van der Waals surface area contributed by atoms with Gasteiger partial charge in [-0.15, -0.1) is 0 Å². The molecular weight excluding hydrogens is 342 g/mol. The van der Waals surface area contributed by atoms with Gasteiger partial charge in [0.25, 0.3) is 0 Å². The van der Waals surface area contributed by atoms with E-state index in [1.807, 2.05) is 39.8 Å². The van der Waals surface area contributed by atoms with Gasteiger partial charge in [-0.05, 0) is 62.9 Å². The minimum atomic E-state index is -0.621. The first-order chi connectivity index (χ1) is 12.8. The summed E-state index contributed by atoms with van der Waals surface area (Å²) in [5, 5.41) is 9.82. The summed E-state index contributed by atoms with van der Waals surface area (Å²) in [6.45, 7) is 8.59. The third kappa shape index (κ3) is 4.42. The van der Waals surface area contributed by atoms with E-state index in [4.69, 9.17) is 0 Å². The number of pyridine rings is 2. The minimum Gasteiger partial charge on any atom is -0.343 e. The van der Waals surface area contributed by atoms with Crippen molar-refractivity contribution in [1.82, 2.24) is 20.6 Å². The van der Waals surface area contributed by atoms with Crippen LogP contribution in [0.4, 0.5) is 5.82 Å². The fourth-order valence-electron chi connectivity index (χ4n) is 3.40. The summed E-state index contributed by atoms with van der Waals surface area (Å²) < 4.78 is 0. The van der Waals surface area contributed by atoms with Crippen molar-refractivity contribution in [2.75, 3.05) is 11.9 Å². The van der Waals surface area contributed by atoms with Crippen molar-refractivity contribution in [3.05, 3.63) is 29.5 Å². The summed E-state index contributed by atoms with van der Waals surface area (Å²) in [5.74, 6) is -0.00405. The second-order valence-corrected chi connectivity index (χ2v) is 7.52. The van der Waals surface area contributed by atoms with Crippen molar-refractivity contribution >= 4 is 28.7 Å². The quantitative estimate of drug-likeness (QED) is 0.750. The maximum absolute atomic E-state index is 12.8. The van der Waals surface area contributed by atoms with Gasteiger partial charge < -0.3 is 16.0 Å². The highest BCUT2D eigenvalue weighted by Gasteiger charge is 2.29. The first kappa shape index (κ1) is 19.2. The second-order valence-electron chi connectivity index (χ2n) is 7.52. The van der Waals surface area contributed by atoms with Crippen LogP contribution in [-0.4, -0.2) is 40.4 Å². The van der Waals surface area contributed by atoms with Crippen molar-refractivity contribution in [2.24, 2.45) is 5.92 Å². The van der Waals surface area contributed by atoms with Gasteiger partial charge in [0.2, 0.25) is 11.8 Å². The Labute approximate surface area is 159 Å². The zero-order chi connectivity index (χ0) is 19.6. The van der Waals surface area contributed by atoms with E-state index in [9.17, 15) is 9.59 Å². The topological polar surface area (TPSA) is 96.0 Å². The first-order valence-corrected chi connectivity index (χ1v) is 9.45. The average molecular weight is 369 g/mol. The Morgan fingerprint density at radius 3 is 2.67 bits per heavy atom. The third-order valence-corrected chi connectivity index (χ3v) is 4.88. The number of amides is 2. The standard InChI is InChI=1S/C20H27N5O2/c1-11(2)17(25-19(26)15-6-5-9-21-15)20(27)24-16-8-7-14-12(3)10-13(4)22-18(14)23-16/h7-8,10-11,15,17,21H,5-6,9H2,1-4H3,(H,25,26)(H,22,23,24,27)/t15-,17-/m0/s1. The van der Waals surface area contributed by atoms with Crippen LogP contribution in [0.15, 0.2) is 18.2 Å². The number of rotatable bonds is 5. The predicted molar refractivity (Wildman–Crippen MR) is 105 cm³/mol. The molecule has 1 saturated heterocycles. The van der Waals surface area contributed by atoms with E-state index >= 15 is 0 Å². The van der Waals surface area contributed by atoms with Gasteiger partial charge in [0.05, 0.1) is 6.04 Å². The molecule has 7 heteroatoms. The Morgan fingerprint density at radius 1 is 1.22 bits per heavy atom. The summed E-state index contributed by atoms with van der Waals surface area (Å²) in [5.41, 5.74) is 2.58. The average Bonchev–Trinajstić information content (AvgIpc) is 3.13. The molecule has 0 unspecified atom stereocenters. The molecule has 2 atom stereocenters. The van der Waals surface area contributed by atoms with E-state index in [1.54, 1.807) is 6.07 Å². The highest BCUT2D eigenvalue weighted by Crippen LogP contribution is 2.19. The van der Waals surface area contributed by atoms with Gasteiger partial charge in [0.1, 0.15) is 11.9 Å². The molecule has 2 aromatic heterocycles. The number of nitrogens with one attached hydrogen (secondary N) is 3. The molecular formula is C20H27N5O2. The Kier molecular flexibility index (Phi) is 5.70. The molecule has 3 heterocycles. The zero-order valence-electron chi connectivity index (χ0n) is 16.3. The predicted octanol–water partition coefficient (Wildman–Crippen LogP) is 2.08. The molecule has 2 aromatic rings. The van der Waals surface area contributed by atoms with E-state index in [-0.39, 0.29) is 23.8 Å². The molecule has 1 aliphatic rings. The molecule has 0 saturated carbocycles. The maximum atomic E-state index is 12.8. The summed E-state index contributed by atoms with van der Waals surface area (Å²) in [6.07, 6.45) is 1.78. The number of carbonyl (C=O) groups excluding carboxylic acids is 2. The van der Waals surface area contributed by atoms with E-state index in [0.717, 1.165) is 36.0 Å². The Morgan fingerprint density at radius 2 is 2.00 bits per heavy atom. The van der Waals surface area contributed by atoms with Gasteiger partial charge in [-0.1, -0.05) is 13.8 Å². The first-order valence-electron chi connectivity index (χ1n) is 9.45. The fourth-order valence-corrected chi connectivity index (χ4v) is 3.40. The molecule has 0 aromatic carbocycles. The normalized spacial score (nSPS) is 17.9. The lowest BCUT2D eigenvalue weighted by Gasteiger charge is -2.23. The summed E-state index contributed by atoms with van der Waals surface area (Å²) in [6, 6.07) is 4.84. The Balaban J connectivity index is 1.75. The molecule has 3 N–H and O–H groups in total. The Hall–Kier alpha value is -2.54. The molecule has 0 bridgehead atoms. The van der Waals surface area contributed by atoms with Crippen LogP contribution in [0.3, 0.4) is 0 Å². The van der Waals surface area contributed by atoms with Gasteiger partial charge in [0, 0.05) is 11.1 Å². The number of nitrogens with zero attached hydrogens (tertiary/aromatic N) is 2. The van der Waals surface area contributed by atoms with Crippen molar-refractivity contribution in [2.45, 2.75) is 52.6 Å². The highest BCUT2D eigenvalue weighted by molar-refractivity contribution is 5.98. The number of fused-ring (bicyclic) bond motifs is 1. The molecule has 144 valence electrons. The van der Waals surface area contributed by atoms with Crippen molar-refractivity contribution in [1.29, 1.82) is 0 Å². The van der Waals surface area contributed by atoms with Crippen LogP contribution in [0.5, 0.6) is 0 Å². The van der Waals surface area contributed by atoms with Gasteiger partial charge in [-0.3, -0.25) is 9.59 Å². The van der Waals surface area contributed by atoms with Gasteiger partial charge in [-0.2, -0.15) is 0 Å². The molecule has 0 spiro atoms. The lowest BCUT2D eigenvalue weighted by Crippen LogP contribution is -2.52. The molecule has 0 aliphatic carbocycles. The Bertz CT molecular complexity index is 859. The van der Waals surface area contributed by atoms with Crippen LogP contribution >= 0.6 is 0 Å². The molecule has 3 rings (SSSR count). The van der Waals surface area contributed by atoms with E-state index in [0.29, 0.717) is 11.5 Å². The van der Waals surface area contributed by atoms with E-state index < -0.39 is 6.04 Å². The van der Waals surface area contributed by atoms with Crippen molar-refractivity contribution in [3.8, 4) is 0 Å². The van der Waals surface area contributed by atoms with Crippen LogP contribution in [0.25, 0.3) is 11.0 Å². The summed E-state index contributed by atoms with van der Waals surface area (Å²) in [7, 11) is 0. The molecule has 7 nitrogen and oxygen atoms in total.